The van der Waals surface area contributed by atoms with E-state index < -0.39 is 6.09 Å². The van der Waals surface area contributed by atoms with Gasteiger partial charge in [-0.2, -0.15) is 0 Å². The molecule has 0 saturated heterocycles. The van der Waals surface area contributed by atoms with Crippen molar-refractivity contribution in [3.05, 3.63) is 59.9 Å². The van der Waals surface area contributed by atoms with Gasteiger partial charge < -0.3 is 14.6 Å². The number of amides is 1. The highest BCUT2D eigenvalue weighted by atomic mass is 19.2. The van der Waals surface area contributed by atoms with Gasteiger partial charge in [-0.3, -0.25) is 0 Å². The number of nitrogens with zero attached hydrogens (tertiary/aromatic N) is 1. The highest BCUT2D eigenvalue weighted by Crippen LogP contribution is 2.31. The third-order valence-electron chi connectivity index (χ3n) is 3.56. The molecule has 0 fully saturated rings. The molecule has 1 aromatic heterocycles. The molecule has 0 bridgehead atoms. The summed E-state index contributed by atoms with van der Waals surface area (Å²) in [6.45, 7) is -0.463. The first-order valence-electron chi connectivity index (χ1n) is 6.95. The average Bonchev–Trinajstić information content (AvgIpc) is 3.02. The van der Waals surface area contributed by atoms with Crippen LogP contribution in [0.1, 0.15) is 11.1 Å². The van der Waals surface area contributed by atoms with Crippen LogP contribution in [0.25, 0.3) is 22.1 Å². The number of hydrogen-bond acceptors (Lipinski definition) is 3. The maximum absolute atomic E-state index is 13.2. The minimum Gasteiger partial charge on any atom is -0.464 e. The maximum atomic E-state index is 13.2. The third kappa shape index (κ3) is 3.02. The molecule has 1 heterocycles. The van der Waals surface area contributed by atoms with Crippen LogP contribution >= 0.6 is 0 Å². The Morgan fingerprint density at radius 3 is 2.74 bits per heavy atom. The molecule has 0 saturated carbocycles. The molecule has 6 heteroatoms. The number of furan rings is 1. The normalized spacial score (nSPS) is 10.9. The van der Waals surface area contributed by atoms with Crippen LogP contribution in [0.15, 0.2) is 53.1 Å². The molecule has 5 nitrogen and oxygen atoms in total. The van der Waals surface area contributed by atoms with Crippen molar-refractivity contribution in [2.24, 2.45) is 0 Å². The van der Waals surface area contributed by atoms with Gasteiger partial charge in [0.1, 0.15) is 5.58 Å². The fourth-order valence-corrected chi connectivity index (χ4v) is 2.51. The summed E-state index contributed by atoms with van der Waals surface area (Å²) in [4.78, 5) is 10.6. The molecule has 0 aliphatic carbocycles. The van der Waals surface area contributed by atoms with Crippen LogP contribution in [0, 0.1) is 0 Å². The summed E-state index contributed by atoms with van der Waals surface area (Å²) in [5.74, 6) is 0. The molecule has 118 valence electrons. The fourth-order valence-electron chi connectivity index (χ4n) is 2.51. The lowest BCUT2D eigenvalue weighted by Crippen LogP contribution is -2.19. The number of hydrogen-bond donors (Lipinski definition) is 2. The van der Waals surface area contributed by atoms with Crippen LogP contribution in [-0.4, -0.2) is 21.4 Å². The van der Waals surface area contributed by atoms with Crippen LogP contribution in [0.2, 0.25) is 0 Å². The predicted molar refractivity (Wildman–Crippen MR) is 82.2 cm³/mol. The number of carbonyl (C=O) groups is 1. The molecule has 3 rings (SSSR count). The van der Waals surface area contributed by atoms with Crippen molar-refractivity contribution in [1.29, 1.82) is 0 Å². The summed E-state index contributed by atoms with van der Waals surface area (Å²) in [5.41, 5.74) is 3.43. The van der Waals surface area contributed by atoms with Gasteiger partial charge in [0.05, 0.1) is 19.4 Å². The van der Waals surface area contributed by atoms with Crippen LogP contribution in [0.4, 0.5) is 9.28 Å². The molecule has 2 aromatic carbocycles. The molecule has 23 heavy (non-hydrogen) atoms. The van der Waals surface area contributed by atoms with Crippen molar-refractivity contribution in [3.63, 3.8) is 0 Å². The summed E-state index contributed by atoms with van der Waals surface area (Å²) in [5, 5.41) is 18.6. The van der Waals surface area contributed by atoms with Crippen LogP contribution in [0.5, 0.6) is 0 Å². The minimum absolute atomic E-state index is 0.106. The molecule has 0 atom stereocenters. The van der Waals surface area contributed by atoms with Gasteiger partial charge in [-0.1, -0.05) is 22.7 Å². The fraction of sp³-hybridized carbons (Fsp3) is 0.118. The number of aliphatic hydroxyl groups excluding tert-OH is 1. The number of benzene rings is 2. The van der Waals surface area contributed by atoms with Crippen LogP contribution in [0.3, 0.4) is 0 Å². The number of aliphatic hydroxyl groups is 1. The second-order valence-corrected chi connectivity index (χ2v) is 5.14. The zero-order valence-corrected chi connectivity index (χ0v) is 12.1. The largest absolute Gasteiger partial charge is 0.464 e. The van der Waals surface area contributed by atoms with Crippen LogP contribution < -0.4 is 0 Å². The quantitative estimate of drug-likeness (QED) is 0.715. The average molecular weight is 315 g/mol. The minimum atomic E-state index is -1.63. The van der Waals surface area contributed by atoms with E-state index in [0.29, 0.717) is 11.1 Å². The molecular weight excluding hydrogens is 301 g/mol. The van der Waals surface area contributed by atoms with E-state index in [9.17, 15) is 14.4 Å². The highest BCUT2D eigenvalue weighted by molar-refractivity contribution is 5.93. The van der Waals surface area contributed by atoms with Gasteiger partial charge in [-0.25, -0.2) is 4.79 Å². The molecule has 3 aromatic rings. The zero-order valence-electron chi connectivity index (χ0n) is 12.1. The van der Waals surface area contributed by atoms with Gasteiger partial charge in [-0.15, -0.1) is 5.12 Å². The summed E-state index contributed by atoms with van der Waals surface area (Å²) >= 11 is 0. The molecule has 0 unspecified atom stereocenters. The Labute approximate surface area is 131 Å². The van der Waals surface area contributed by atoms with Gasteiger partial charge in [0.2, 0.25) is 0 Å². The number of rotatable bonds is 4. The monoisotopic (exact) mass is 315 g/mol. The molecular formula is C17H14FNO4. The predicted octanol–water partition coefficient (Wildman–Crippen LogP) is 3.96. The highest BCUT2D eigenvalue weighted by Gasteiger charge is 2.13. The Morgan fingerprint density at radius 2 is 2.00 bits per heavy atom. The van der Waals surface area contributed by atoms with Crippen molar-refractivity contribution in [2.45, 2.75) is 13.2 Å². The van der Waals surface area contributed by atoms with E-state index in [4.69, 9.17) is 9.52 Å². The van der Waals surface area contributed by atoms with E-state index in [1.165, 1.54) is 0 Å². The first-order valence-corrected chi connectivity index (χ1v) is 6.95. The van der Waals surface area contributed by atoms with Crippen LogP contribution in [-0.2, 0) is 13.2 Å². The van der Waals surface area contributed by atoms with Crippen molar-refractivity contribution in [1.82, 2.24) is 5.12 Å². The van der Waals surface area contributed by atoms with Gasteiger partial charge in [-0.05, 0) is 41.0 Å². The van der Waals surface area contributed by atoms with E-state index in [0.717, 1.165) is 22.1 Å². The Morgan fingerprint density at radius 1 is 1.17 bits per heavy atom. The van der Waals surface area contributed by atoms with Gasteiger partial charge in [0.25, 0.3) is 0 Å². The maximum Gasteiger partial charge on any atom is 0.435 e. The first kappa shape index (κ1) is 15.1. The lowest BCUT2D eigenvalue weighted by Gasteiger charge is -2.10. The lowest BCUT2D eigenvalue weighted by molar-refractivity contribution is 0.0250. The second kappa shape index (κ2) is 6.10. The Kier molecular flexibility index (Phi) is 3.99. The molecule has 0 aliphatic heterocycles. The Bertz CT molecular complexity index is 859. The number of carboxylic acid groups (broad SMARTS) is 1. The SMILES string of the molecule is O=C(O)N(F)Cc1cccc(-c2cc(CO)cc3ccoc23)c1. The van der Waals surface area contributed by atoms with Crippen molar-refractivity contribution >= 4 is 17.1 Å². The van der Waals surface area contributed by atoms with Crippen molar-refractivity contribution < 1.29 is 23.9 Å². The topological polar surface area (TPSA) is 73.9 Å². The van der Waals surface area contributed by atoms with Crippen molar-refractivity contribution in [2.75, 3.05) is 0 Å². The molecule has 2 N–H and O–H groups in total. The van der Waals surface area contributed by atoms with Gasteiger partial charge in [0.15, 0.2) is 0 Å². The van der Waals surface area contributed by atoms with Gasteiger partial charge in [0, 0.05) is 10.9 Å². The Balaban J connectivity index is 2.05. The Hall–Kier alpha value is -2.86. The molecule has 0 radical (unpaired) electrons. The smallest absolute Gasteiger partial charge is 0.435 e. The van der Waals surface area contributed by atoms with E-state index in [1.807, 2.05) is 12.1 Å². The van der Waals surface area contributed by atoms with Gasteiger partial charge >= 0.3 is 6.09 Å². The van der Waals surface area contributed by atoms with E-state index in [-0.39, 0.29) is 18.3 Å². The molecule has 0 spiro atoms. The zero-order chi connectivity index (χ0) is 16.4. The van der Waals surface area contributed by atoms with E-state index >= 15 is 0 Å². The molecule has 0 aliphatic rings. The van der Waals surface area contributed by atoms with E-state index in [1.54, 1.807) is 36.6 Å². The number of halogens is 1. The molecule has 1 amide bonds. The lowest BCUT2D eigenvalue weighted by atomic mass is 9.99. The summed E-state index contributed by atoms with van der Waals surface area (Å²) in [6.07, 6.45) is -0.0708. The second-order valence-electron chi connectivity index (χ2n) is 5.14. The number of fused-ring (bicyclic) bond motifs is 1. The van der Waals surface area contributed by atoms with E-state index in [2.05, 4.69) is 0 Å². The summed E-state index contributed by atoms with van der Waals surface area (Å²) < 4.78 is 18.8. The third-order valence-corrected chi connectivity index (χ3v) is 3.56. The first-order chi connectivity index (χ1) is 11.1. The standard InChI is InChI=1S/C17H14FNO4/c18-19(17(21)22)9-11-2-1-3-13(6-11)15-8-12(10-20)7-14-4-5-23-16(14)15/h1-8,20H,9-10H2,(H,21,22). The summed E-state index contributed by atoms with van der Waals surface area (Å²) in [6, 6.07) is 12.3. The van der Waals surface area contributed by atoms with Crippen molar-refractivity contribution in [3.8, 4) is 11.1 Å². The summed E-state index contributed by atoms with van der Waals surface area (Å²) in [7, 11) is 0.